The molecule has 0 spiro atoms. The van der Waals surface area contributed by atoms with Gasteiger partial charge in [0.1, 0.15) is 10.3 Å². The topological polar surface area (TPSA) is 45.8 Å². The Bertz CT molecular complexity index is 760. The molecule has 0 aromatic carbocycles. The summed E-state index contributed by atoms with van der Waals surface area (Å²) in [6.07, 6.45) is 6.49. The number of Topliss-reactive ketones (excluding diaryl/α,β-unsaturated/α-hetero) is 1. The van der Waals surface area contributed by atoms with Crippen LogP contribution < -0.4 is 0 Å². The fraction of sp³-hybridized carbons (Fsp3) is 0.353. The Balaban J connectivity index is 1.85. The SMILES string of the molecule is Cc1c[nH]c(=S)c(CC(=O)c2ncc(C3CC3)cc2C)c1. The summed E-state index contributed by atoms with van der Waals surface area (Å²) in [5.74, 6) is 0.686. The van der Waals surface area contributed by atoms with Crippen LogP contribution in [0.4, 0.5) is 0 Å². The number of rotatable bonds is 4. The van der Waals surface area contributed by atoms with Crippen LogP contribution in [0.15, 0.2) is 24.5 Å². The standard InChI is InChI=1S/C17H18N2OS/c1-10-5-13(17(21)19-8-10)7-15(20)16-11(2)6-14(9-18-16)12-3-4-12/h5-6,8-9,12H,3-4,7H2,1-2H3,(H,19,21). The van der Waals surface area contributed by atoms with Crippen molar-refractivity contribution >= 4 is 18.0 Å². The lowest BCUT2D eigenvalue weighted by Gasteiger charge is -2.07. The Morgan fingerprint density at radius 1 is 1.38 bits per heavy atom. The number of carbonyl (C=O) groups is 1. The number of nitrogens with one attached hydrogen (secondary N) is 1. The van der Waals surface area contributed by atoms with Crippen molar-refractivity contribution in [1.29, 1.82) is 0 Å². The number of pyridine rings is 2. The number of aryl methyl sites for hydroxylation is 2. The molecule has 0 radical (unpaired) electrons. The zero-order valence-electron chi connectivity index (χ0n) is 12.3. The van der Waals surface area contributed by atoms with Gasteiger partial charge >= 0.3 is 0 Å². The molecule has 21 heavy (non-hydrogen) atoms. The summed E-state index contributed by atoms with van der Waals surface area (Å²) in [6.45, 7) is 3.94. The van der Waals surface area contributed by atoms with Crippen LogP contribution >= 0.6 is 12.2 Å². The zero-order valence-corrected chi connectivity index (χ0v) is 13.1. The molecule has 3 rings (SSSR count). The molecule has 108 valence electrons. The molecule has 2 aromatic heterocycles. The number of hydrogen-bond donors (Lipinski definition) is 1. The summed E-state index contributed by atoms with van der Waals surface area (Å²) in [5, 5.41) is 0. The maximum absolute atomic E-state index is 12.5. The van der Waals surface area contributed by atoms with Gasteiger partial charge in [-0.25, -0.2) is 0 Å². The van der Waals surface area contributed by atoms with E-state index in [2.05, 4.69) is 16.0 Å². The Hall–Kier alpha value is -1.81. The van der Waals surface area contributed by atoms with E-state index >= 15 is 0 Å². The first-order valence-electron chi connectivity index (χ1n) is 7.22. The first-order valence-corrected chi connectivity index (χ1v) is 7.63. The van der Waals surface area contributed by atoms with Gasteiger partial charge in [-0.15, -0.1) is 0 Å². The summed E-state index contributed by atoms with van der Waals surface area (Å²) < 4.78 is 0.626. The van der Waals surface area contributed by atoms with Gasteiger partial charge in [-0.05, 0) is 54.9 Å². The van der Waals surface area contributed by atoms with Crippen molar-refractivity contribution in [2.24, 2.45) is 0 Å². The van der Waals surface area contributed by atoms with Gasteiger partial charge in [0.25, 0.3) is 0 Å². The quantitative estimate of drug-likeness (QED) is 0.684. The highest BCUT2D eigenvalue weighted by molar-refractivity contribution is 7.71. The third kappa shape index (κ3) is 3.10. The third-order valence-corrected chi connectivity index (χ3v) is 4.27. The second-order valence-corrected chi connectivity index (χ2v) is 6.25. The van der Waals surface area contributed by atoms with E-state index in [-0.39, 0.29) is 5.78 Å². The summed E-state index contributed by atoms with van der Waals surface area (Å²) in [4.78, 5) is 19.9. The minimum Gasteiger partial charge on any atom is -0.352 e. The molecule has 0 aliphatic heterocycles. The molecule has 2 aromatic rings. The van der Waals surface area contributed by atoms with Crippen LogP contribution in [0.2, 0.25) is 0 Å². The molecular formula is C17H18N2OS. The number of hydrogen-bond acceptors (Lipinski definition) is 3. The first-order chi connectivity index (χ1) is 10.0. The van der Waals surface area contributed by atoms with Crippen molar-refractivity contribution in [2.75, 3.05) is 0 Å². The van der Waals surface area contributed by atoms with Crippen LogP contribution in [0.5, 0.6) is 0 Å². The van der Waals surface area contributed by atoms with Gasteiger partial charge in [0, 0.05) is 18.8 Å². The molecule has 0 atom stereocenters. The molecule has 1 aliphatic carbocycles. The molecule has 0 unspecified atom stereocenters. The Kier molecular flexibility index (Phi) is 3.72. The maximum atomic E-state index is 12.5. The molecule has 0 bridgehead atoms. The van der Waals surface area contributed by atoms with Crippen molar-refractivity contribution < 1.29 is 4.79 Å². The lowest BCUT2D eigenvalue weighted by atomic mass is 10.0. The molecule has 0 amide bonds. The fourth-order valence-corrected chi connectivity index (χ4v) is 2.76. The lowest BCUT2D eigenvalue weighted by molar-refractivity contribution is 0.0987. The number of H-pyrrole nitrogens is 1. The zero-order chi connectivity index (χ0) is 15.0. The number of ketones is 1. The second-order valence-electron chi connectivity index (χ2n) is 5.84. The van der Waals surface area contributed by atoms with Crippen LogP contribution in [-0.4, -0.2) is 15.8 Å². The average Bonchev–Trinajstić information content (AvgIpc) is 3.27. The third-order valence-electron chi connectivity index (χ3n) is 3.89. The second kappa shape index (κ2) is 5.53. The van der Waals surface area contributed by atoms with Gasteiger partial charge < -0.3 is 4.98 Å². The Morgan fingerprint density at radius 2 is 2.14 bits per heavy atom. The van der Waals surface area contributed by atoms with Crippen molar-refractivity contribution in [2.45, 2.75) is 39.0 Å². The maximum Gasteiger partial charge on any atom is 0.185 e. The highest BCUT2D eigenvalue weighted by Gasteiger charge is 2.25. The van der Waals surface area contributed by atoms with Gasteiger partial charge in [-0.3, -0.25) is 9.78 Å². The molecular weight excluding hydrogens is 280 g/mol. The van der Waals surface area contributed by atoms with E-state index in [9.17, 15) is 4.79 Å². The number of nitrogens with zero attached hydrogens (tertiary/aromatic N) is 1. The average molecular weight is 298 g/mol. The smallest absolute Gasteiger partial charge is 0.185 e. The predicted octanol–water partition coefficient (Wildman–Crippen LogP) is 4.06. The Morgan fingerprint density at radius 3 is 2.81 bits per heavy atom. The molecule has 1 aliphatic rings. The van der Waals surface area contributed by atoms with Crippen molar-refractivity contribution in [3.63, 3.8) is 0 Å². The first kappa shape index (κ1) is 14.1. The van der Waals surface area contributed by atoms with Gasteiger partial charge in [0.2, 0.25) is 0 Å². The summed E-state index contributed by atoms with van der Waals surface area (Å²) >= 11 is 5.25. The highest BCUT2D eigenvalue weighted by atomic mass is 32.1. The van der Waals surface area contributed by atoms with Crippen molar-refractivity contribution in [3.05, 3.63) is 57.1 Å². The van der Waals surface area contributed by atoms with Crippen LogP contribution in [0.25, 0.3) is 0 Å². The van der Waals surface area contributed by atoms with Crippen molar-refractivity contribution in [3.8, 4) is 0 Å². The summed E-state index contributed by atoms with van der Waals surface area (Å²) in [7, 11) is 0. The number of carbonyl (C=O) groups excluding carboxylic acids is 1. The molecule has 0 saturated heterocycles. The van der Waals surface area contributed by atoms with Crippen LogP contribution in [-0.2, 0) is 6.42 Å². The molecule has 1 N–H and O–H groups in total. The molecule has 3 nitrogen and oxygen atoms in total. The number of aromatic amines is 1. The minimum absolute atomic E-state index is 0.0277. The predicted molar refractivity (Wildman–Crippen MR) is 85.3 cm³/mol. The van der Waals surface area contributed by atoms with E-state index in [1.54, 1.807) is 0 Å². The van der Waals surface area contributed by atoms with E-state index in [4.69, 9.17) is 12.2 Å². The summed E-state index contributed by atoms with van der Waals surface area (Å²) in [5.41, 5.74) is 4.72. The number of aromatic nitrogens is 2. The van der Waals surface area contributed by atoms with Crippen LogP contribution in [0.3, 0.4) is 0 Å². The van der Waals surface area contributed by atoms with E-state index in [1.165, 1.54) is 18.4 Å². The molecule has 1 saturated carbocycles. The molecule has 1 fully saturated rings. The van der Waals surface area contributed by atoms with E-state index in [1.807, 2.05) is 32.3 Å². The largest absolute Gasteiger partial charge is 0.352 e. The van der Waals surface area contributed by atoms with E-state index in [0.717, 1.165) is 16.7 Å². The molecule has 4 heteroatoms. The van der Waals surface area contributed by atoms with Crippen LogP contribution in [0.1, 0.15) is 51.5 Å². The summed E-state index contributed by atoms with van der Waals surface area (Å²) in [6, 6.07) is 4.07. The van der Waals surface area contributed by atoms with Gasteiger partial charge in [-0.1, -0.05) is 24.4 Å². The van der Waals surface area contributed by atoms with E-state index < -0.39 is 0 Å². The van der Waals surface area contributed by atoms with Gasteiger partial charge in [0.05, 0.1) is 0 Å². The van der Waals surface area contributed by atoms with E-state index in [0.29, 0.717) is 22.7 Å². The van der Waals surface area contributed by atoms with Gasteiger partial charge in [0.15, 0.2) is 5.78 Å². The molecule has 2 heterocycles. The lowest BCUT2D eigenvalue weighted by Crippen LogP contribution is -2.09. The highest BCUT2D eigenvalue weighted by Crippen LogP contribution is 2.40. The Labute approximate surface area is 129 Å². The van der Waals surface area contributed by atoms with Crippen molar-refractivity contribution in [1.82, 2.24) is 9.97 Å². The normalized spacial score (nSPS) is 14.2. The fourth-order valence-electron chi connectivity index (χ4n) is 2.57. The minimum atomic E-state index is 0.0277. The monoisotopic (exact) mass is 298 g/mol. The van der Waals surface area contributed by atoms with Gasteiger partial charge in [-0.2, -0.15) is 0 Å². The van der Waals surface area contributed by atoms with Crippen LogP contribution in [0, 0.1) is 18.5 Å².